The average Bonchev–Trinajstić information content (AvgIpc) is 2.58. The molecule has 120 valence electrons. The Labute approximate surface area is 132 Å². The van der Waals surface area contributed by atoms with E-state index >= 15 is 0 Å². The predicted octanol–water partition coefficient (Wildman–Crippen LogP) is 6.16. The molecule has 3 rings (SSSR count). The van der Waals surface area contributed by atoms with Crippen molar-refractivity contribution in [1.29, 1.82) is 0 Å². The highest BCUT2D eigenvalue weighted by molar-refractivity contribution is 5.29. The molecule has 2 fully saturated rings. The lowest BCUT2D eigenvalue weighted by Gasteiger charge is -2.47. The normalized spacial score (nSPS) is 28.3. The first-order valence-electron chi connectivity index (χ1n) is 8.74. The number of hydrogen-bond donors (Lipinski definition) is 0. The SMILES string of the molecule is C=CC1CCC(C2(c3ccc(F)c(F)c3)CCCCC2)CC1. The molecule has 0 heterocycles. The molecular formula is C20H26F2. The largest absolute Gasteiger partial charge is 0.204 e. The van der Waals surface area contributed by atoms with Gasteiger partial charge in [-0.3, -0.25) is 0 Å². The van der Waals surface area contributed by atoms with Crippen molar-refractivity contribution in [3.05, 3.63) is 48.1 Å². The lowest BCUT2D eigenvalue weighted by molar-refractivity contribution is 0.136. The Hall–Kier alpha value is -1.18. The van der Waals surface area contributed by atoms with Crippen molar-refractivity contribution in [2.75, 3.05) is 0 Å². The van der Waals surface area contributed by atoms with E-state index in [-0.39, 0.29) is 5.41 Å². The summed E-state index contributed by atoms with van der Waals surface area (Å²) >= 11 is 0. The van der Waals surface area contributed by atoms with Gasteiger partial charge in [-0.1, -0.05) is 31.4 Å². The van der Waals surface area contributed by atoms with Crippen LogP contribution < -0.4 is 0 Å². The van der Waals surface area contributed by atoms with Crippen LogP contribution in [0.1, 0.15) is 63.4 Å². The smallest absolute Gasteiger partial charge is 0.159 e. The van der Waals surface area contributed by atoms with Crippen LogP contribution in [-0.2, 0) is 5.41 Å². The van der Waals surface area contributed by atoms with Crippen LogP contribution in [-0.4, -0.2) is 0 Å². The summed E-state index contributed by atoms with van der Waals surface area (Å²) in [5.41, 5.74) is 1.10. The maximum absolute atomic E-state index is 13.8. The third kappa shape index (κ3) is 2.85. The molecule has 2 heteroatoms. The highest BCUT2D eigenvalue weighted by atomic mass is 19.2. The van der Waals surface area contributed by atoms with Crippen LogP contribution in [0.4, 0.5) is 8.78 Å². The van der Waals surface area contributed by atoms with Gasteiger partial charge in [0, 0.05) is 0 Å². The fourth-order valence-corrected chi connectivity index (χ4v) is 4.83. The van der Waals surface area contributed by atoms with Crippen molar-refractivity contribution < 1.29 is 8.78 Å². The average molecular weight is 304 g/mol. The summed E-state index contributed by atoms with van der Waals surface area (Å²) in [6.07, 6.45) is 12.8. The molecule has 0 radical (unpaired) electrons. The summed E-state index contributed by atoms with van der Waals surface area (Å²) in [7, 11) is 0. The molecule has 0 N–H and O–H groups in total. The molecule has 0 atom stereocenters. The molecule has 0 aromatic heterocycles. The van der Waals surface area contributed by atoms with Crippen molar-refractivity contribution in [2.45, 2.75) is 63.2 Å². The van der Waals surface area contributed by atoms with Crippen molar-refractivity contribution in [1.82, 2.24) is 0 Å². The Morgan fingerprint density at radius 1 is 0.955 bits per heavy atom. The van der Waals surface area contributed by atoms with Crippen LogP contribution in [0, 0.1) is 23.5 Å². The van der Waals surface area contributed by atoms with Crippen molar-refractivity contribution in [2.24, 2.45) is 11.8 Å². The molecule has 0 saturated heterocycles. The van der Waals surface area contributed by atoms with Gasteiger partial charge in [0.15, 0.2) is 11.6 Å². The molecule has 0 amide bonds. The van der Waals surface area contributed by atoms with Gasteiger partial charge in [0.05, 0.1) is 0 Å². The number of halogens is 2. The van der Waals surface area contributed by atoms with Crippen molar-refractivity contribution in [3.8, 4) is 0 Å². The second-order valence-electron chi connectivity index (χ2n) is 7.19. The third-order valence-electron chi connectivity index (χ3n) is 6.13. The Bertz CT molecular complexity index is 521. The predicted molar refractivity (Wildman–Crippen MR) is 86.8 cm³/mol. The summed E-state index contributed by atoms with van der Waals surface area (Å²) in [6.45, 7) is 3.93. The van der Waals surface area contributed by atoms with E-state index in [9.17, 15) is 8.78 Å². The first-order valence-corrected chi connectivity index (χ1v) is 8.74. The van der Waals surface area contributed by atoms with Gasteiger partial charge in [-0.15, -0.1) is 6.58 Å². The van der Waals surface area contributed by atoms with Crippen molar-refractivity contribution >= 4 is 0 Å². The van der Waals surface area contributed by atoms with E-state index in [1.807, 2.05) is 6.07 Å². The fourth-order valence-electron chi connectivity index (χ4n) is 4.83. The van der Waals surface area contributed by atoms with Gasteiger partial charge in [-0.25, -0.2) is 8.78 Å². The molecule has 1 aromatic carbocycles. The zero-order valence-corrected chi connectivity index (χ0v) is 13.3. The highest BCUT2D eigenvalue weighted by Crippen LogP contribution is 2.51. The standard InChI is InChI=1S/C20H26F2/c1-2-15-6-8-16(9-7-15)20(12-4-3-5-13-20)17-10-11-18(21)19(22)14-17/h2,10-11,14-16H,1,3-9,12-13H2. The lowest BCUT2D eigenvalue weighted by Crippen LogP contribution is -2.39. The van der Waals surface area contributed by atoms with E-state index in [4.69, 9.17) is 0 Å². The molecule has 0 bridgehead atoms. The summed E-state index contributed by atoms with van der Waals surface area (Å²) < 4.78 is 27.1. The van der Waals surface area contributed by atoms with Crippen LogP contribution in [0.2, 0.25) is 0 Å². The molecule has 0 spiro atoms. The Morgan fingerprint density at radius 2 is 1.64 bits per heavy atom. The van der Waals surface area contributed by atoms with E-state index in [2.05, 4.69) is 12.7 Å². The van der Waals surface area contributed by atoms with E-state index in [1.165, 1.54) is 57.1 Å². The van der Waals surface area contributed by atoms with Crippen molar-refractivity contribution in [3.63, 3.8) is 0 Å². The Morgan fingerprint density at radius 3 is 2.23 bits per heavy atom. The minimum absolute atomic E-state index is 0.0684. The molecule has 0 nitrogen and oxygen atoms in total. The third-order valence-corrected chi connectivity index (χ3v) is 6.13. The Kier molecular flexibility index (Phi) is 4.65. The van der Waals surface area contributed by atoms with Gasteiger partial charge >= 0.3 is 0 Å². The topological polar surface area (TPSA) is 0 Å². The second-order valence-corrected chi connectivity index (χ2v) is 7.19. The molecule has 1 aromatic rings. The minimum Gasteiger partial charge on any atom is -0.204 e. The monoisotopic (exact) mass is 304 g/mol. The maximum atomic E-state index is 13.8. The van der Waals surface area contributed by atoms with Gasteiger partial charge in [-0.05, 0) is 73.5 Å². The lowest BCUT2D eigenvalue weighted by atomic mass is 9.58. The van der Waals surface area contributed by atoms with E-state index in [0.717, 1.165) is 18.4 Å². The molecule has 0 unspecified atom stereocenters. The number of rotatable bonds is 3. The van der Waals surface area contributed by atoms with E-state index in [0.29, 0.717) is 11.8 Å². The summed E-state index contributed by atoms with van der Waals surface area (Å²) in [4.78, 5) is 0. The summed E-state index contributed by atoms with van der Waals surface area (Å²) in [5, 5.41) is 0. The first kappa shape index (κ1) is 15.7. The van der Waals surface area contributed by atoms with Crippen LogP contribution in [0.5, 0.6) is 0 Å². The number of allylic oxidation sites excluding steroid dienone is 1. The molecule has 0 aliphatic heterocycles. The zero-order chi connectivity index (χ0) is 15.6. The van der Waals surface area contributed by atoms with E-state index in [1.54, 1.807) is 0 Å². The maximum Gasteiger partial charge on any atom is 0.159 e. The van der Waals surface area contributed by atoms with Gasteiger partial charge in [0.1, 0.15) is 0 Å². The molecule has 2 saturated carbocycles. The van der Waals surface area contributed by atoms with Crippen LogP contribution in [0.3, 0.4) is 0 Å². The second kappa shape index (κ2) is 6.52. The van der Waals surface area contributed by atoms with Crippen LogP contribution in [0.25, 0.3) is 0 Å². The number of benzene rings is 1. The van der Waals surface area contributed by atoms with Gasteiger partial charge in [0.25, 0.3) is 0 Å². The fraction of sp³-hybridized carbons (Fsp3) is 0.600. The molecule has 2 aliphatic rings. The molecular weight excluding hydrogens is 278 g/mol. The Balaban J connectivity index is 1.91. The quantitative estimate of drug-likeness (QED) is 0.587. The highest BCUT2D eigenvalue weighted by Gasteiger charge is 2.42. The van der Waals surface area contributed by atoms with Gasteiger partial charge in [-0.2, -0.15) is 0 Å². The van der Waals surface area contributed by atoms with Gasteiger partial charge in [0.2, 0.25) is 0 Å². The summed E-state index contributed by atoms with van der Waals surface area (Å²) in [6, 6.07) is 4.62. The van der Waals surface area contributed by atoms with Gasteiger partial charge < -0.3 is 0 Å². The molecule has 2 aliphatic carbocycles. The van der Waals surface area contributed by atoms with E-state index < -0.39 is 11.6 Å². The van der Waals surface area contributed by atoms with Crippen LogP contribution in [0.15, 0.2) is 30.9 Å². The zero-order valence-electron chi connectivity index (χ0n) is 13.3. The molecule has 22 heavy (non-hydrogen) atoms. The van der Waals surface area contributed by atoms with Crippen LogP contribution >= 0.6 is 0 Å². The minimum atomic E-state index is -0.731. The number of hydrogen-bond acceptors (Lipinski definition) is 0. The summed E-state index contributed by atoms with van der Waals surface area (Å²) in [5.74, 6) is -0.178. The first-order chi connectivity index (χ1) is 10.7.